The van der Waals surface area contributed by atoms with E-state index in [1.165, 1.54) is 43.8 Å². The number of ether oxygens (including phenoxy) is 1. The molecule has 0 fully saturated rings. The maximum Gasteiger partial charge on any atom is 0.257 e. The van der Waals surface area contributed by atoms with Gasteiger partial charge in [-0.3, -0.25) is 9.59 Å². The van der Waals surface area contributed by atoms with Gasteiger partial charge in [-0.1, -0.05) is 0 Å². The van der Waals surface area contributed by atoms with Crippen molar-refractivity contribution < 1.29 is 13.9 Å². The summed E-state index contributed by atoms with van der Waals surface area (Å²) in [6, 6.07) is 4.81. The molecule has 0 spiro atoms. The molecule has 2 rings (SSSR count). The number of hydrogen-bond donors (Lipinski definition) is 2. The van der Waals surface area contributed by atoms with Crippen LogP contribution in [0.3, 0.4) is 0 Å². The van der Waals surface area contributed by atoms with Gasteiger partial charge >= 0.3 is 0 Å². The first-order valence-electron chi connectivity index (χ1n) is 6.34. The lowest BCUT2D eigenvalue weighted by Crippen LogP contribution is -2.30. The number of methoxy groups -OCH3 is 1. The van der Waals surface area contributed by atoms with E-state index in [0.717, 1.165) is 0 Å². The van der Waals surface area contributed by atoms with E-state index < -0.39 is 17.8 Å². The summed E-state index contributed by atoms with van der Waals surface area (Å²) in [5, 5.41) is 2.65. The summed E-state index contributed by atoms with van der Waals surface area (Å²) in [5.74, 6) is -0.494. The third-order valence-corrected chi connectivity index (χ3v) is 3.07. The highest BCUT2D eigenvalue weighted by Gasteiger charge is 2.17. The Kier molecular flexibility index (Phi) is 4.37. The summed E-state index contributed by atoms with van der Waals surface area (Å²) in [7, 11) is 1.47. The number of carbonyl (C=O) groups is 1. The molecule has 1 atom stereocenters. The highest BCUT2D eigenvalue weighted by atomic mass is 19.1. The number of pyridine rings is 1. The van der Waals surface area contributed by atoms with Crippen molar-refractivity contribution in [1.82, 2.24) is 10.3 Å². The van der Waals surface area contributed by atoms with Crippen molar-refractivity contribution in [1.29, 1.82) is 0 Å². The minimum atomic E-state index is -0.532. The first kappa shape index (κ1) is 14.8. The van der Waals surface area contributed by atoms with Gasteiger partial charge in [0.1, 0.15) is 17.1 Å². The van der Waals surface area contributed by atoms with Crippen LogP contribution in [-0.2, 0) is 0 Å². The van der Waals surface area contributed by atoms with Crippen molar-refractivity contribution in [3.8, 4) is 5.75 Å². The molecular formula is C15H15FN2O3. The van der Waals surface area contributed by atoms with Crippen LogP contribution in [0.15, 0.2) is 41.5 Å². The zero-order valence-electron chi connectivity index (χ0n) is 11.6. The van der Waals surface area contributed by atoms with Gasteiger partial charge in [-0.05, 0) is 25.1 Å². The van der Waals surface area contributed by atoms with Gasteiger partial charge in [-0.2, -0.15) is 0 Å². The number of amides is 1. The molecule has 2 N–H and O–H groups in total. The van der Waals surface area contributed by atoms with Crippen LogP contribution in [0.5, 0.6) is 5.75 Å². The largest absolute Gasteiger partial charge is 0.496 e. The lowest BCUT2D eigenvalue weighted by atomic mass is 10.1. The number of hydrogen-bond acceptors (Lipinski definition) is 3. The summed E-state index contributed by atoms with van der Waals surface area (Å²) in [6.45, 7) is 1.69. The Morgan fingerprint density at radius 1 is 1.38 bits per heavy atom. The average Bonchev–Trinajstić information content (AvgIpc) is 2.47. The second-order valence-electron chi connectivity index (χ2n) is 4.50. The number of benzene rings is 1. The van der Waals surface area contributed by atoms with Gasteiger partial charge in [0, 0.05) is 24.0 Å². The molecule has 0 aliphatic carbocycles. The molecule has 1 amide bonds. The second-order valence-corrected chi connectivity index (χ2v) is 4.50. The van der Waals surface area contributed by atoms with Crippen LogP contribution in [0.25, 0.3) is 0 Å². The molecule has 110 valence electrons. The van der Waals surface area contributed by atoms with Crippen LogP contribution in [-0.4, -0.2) is 18.0 Å². The SMILES string of the molecule is COc1ccc(F)cc1C(C)NC(=O)c1c[nH]ccc1=O. The summed E-state index contributed by atoms with van der Waals surface area (Å²) < 4.78 is 18.5. The molecular weight excluding hydrogens is 275 g/mol. The smallest absolute Gasteiger partial charge is 0.257 e. The van der Waals surface area contributed by atoms with Crippen LogP contribution < -0.4 is 15.5 Å². The fraction of sp³-hybridized carbons (Fsp3) is 0.200. The van der Waals surface area contributed by atoms with Crippen LogP contribution in [0.1, 0.15) is 28.9 Å². The zero-order chi connectivity index (χ0) is 15.4. The number of rotatable bonds is 4. The normalized spacial score (nSPS) is 11.8. The number of halogens is 1. The fourth-order valence-electron chi connectivity index (χ4n) is 1.99. The Bertz CT molecular complexity index is 712. The monoisotopic (exact) mass is 290 g/mol. The molecule has 0 bridgehead atoms. The Morgan fingerprint density at radius 2 is 2.14 bits per heavy atom. The Labute approximate surface area is 120 Å². The van der Waals surface area contributed by atoms with Crippen molar-refractivity contribution in [2.45, 2.75) is 13.0 Å². The van der Waals surface area contributed by atoms with Gasteiger partial charge in [0.25, 0.3) is 5.91 Å². The summed E-state index contributed by atoms with van der Waals surface area (Å²) in [5.41, 5.74) is 0.114. The average molecular weight is 290 g/mol. The lowest BCUT2D eigenvalue weighted by molar-refractivity contribution is 0.0938. The van der Waals surface area contributed by atoms with Gasteiger partial charge in [0.05, 0.1) is 13.2 Å². The van der Waals surface area contributed by atoms with Crippen LogP contribution >= 0.6 is 0 Å². The number of nitrogens with one attached hydrogen (secondary N) is 2. The van der Waals surface area contributed by atoms with E-state index >= 15 is 0 Å². The number of carbonyl (C=O) groups excluding carboxylic acids is 1. The zero-order valence-corrected chi connectivity index (χ0v) is 11.6. The molecule has 1 aromatic heterocycles. The standard InChI is InChI=1S/C15H15FN2O3/c1-9(11-7-10(16)3-4-14(11)21-2)18-15(20)12-8-17-6-5-13(12)19/h3-9H,1-2H3,(H,17,19)(H,18,20). The van der Waals surface area contributed by atoms with Gasteiger partial charge in [0.15, 0.2) is 5.43 Å². The Morgan fingerprint density at radius 3 is 2.81 bits per heavy atom. The highest BCUT2D eigenvalue weighted by Crippen LogP contribution is 2.25. The van der Waals surface area contributed by atoms with Crippen molar-refractivity contribution in [3.63, 3.8) is 0 Å². The Hall–Kier alpha value is -2.63. The molecule has 5 nitrogen and oxygen atoms in total. The minimum Gasteiger partial charge on any atom is -0.496 e. The number of H-pyrrole nitrogens is 1. The molecule has 6 heteroatoms. The van der Waals surface area contributed by atoms with E-state index in [2.05, 4.69) is 10.3 Å². The van der Waals surface area contributed by atoms with Crippen molar-refractivity contribution >= 4 is 5.91 Å². The highest BCUT2D eigenvalue weighted by molar-refractivity contribution is 5.94. The minimum absolute atomic E-state index is 0.000259. The first-order valence-corrected chi connectivity index (χ1v) is 6.34. The predicted octanol–water partition coefficient (Wildman–Crippen LogP) is 2.01. The molecule has 0 saturated carbocycles. The van der Waals surface area contributed by atoms with Gasteiger partial charge < -0.3 is 15.0 Å². The molecule has 0 aliphatic heterocycles. The van der Waals surface area contributed by atoms with Gasteiger partial charge in [-0.15, -0.1) is 0 Å². The van der Waals surface area contributed by atoms with Gasteiger partial charge in [0.2, 0.25) is 0 Å². The molecule has 1 heterocycles. The molecule has 21 heavy (non-hydrogen) atoms. The van der Waals surface area contributed by atoms with E-state index in [1.54, 1.807) is 6.92 Å². The molecule has 2 aromatic rings. The molecule has 1 unspecified atom stereocenters. The van der Waals surface area contributed by atoms with Crippen molar-refractivity contribution in [3.05, 3.63) is 63.8 Å². The quantitative estimate of drug-likeness (QED) is 0.905. The van der Waals surface area contributed by atoms with Crippen LogP contribution in [0.2, 0.25) is 0 Å². The predicted molar refractivity (Wildman–Crippen MR) is 75.9 cm³/mol. The first-order chi connectivity index (χ1) is 10.0. The van der Waals surface area contributed by atoms with E-state index in [9.17, 15) is 14.0 Å². The Balaban J connectivity index is 2.24. The maximum absolute atomic E-state index is 13.3. The molecule has 0 saturated heterocycles. The summed E-state index contributed by atoms with van der Waals surface area (Å²) in [4.78, 5) is 26.3. The third-order valence-electron chi connectivity index (χ3n) is 3.07. The van der Waals surface area contributed by atoms with E-state index in [1.807, 2.05) is 0 Å². The number of aromatic amines is 1. The molecule has 0 aliphatic rings. The van der Waals surface area contributed by atoms with E-state index in [0.29, 0.717) is 11.3 Å². The topological polar surface area (TPSA) is 71.2 Å². The lowest BCUT2D eigenvalue weighted by Gasteiger charge is -2.17. The van der Waals surface area contributed by atoms with Gasteiger partial charge in [-0.25, -0.2) is 4.39 Å². The maximum atomic E-state index is 13.3. The van der Waals surface area contributed by atoms with Crippen molar-refractivity contribution in [2.24, 2.45) is 0 Å². The summed E-state index contributed by atoms with van der Waals surface area (Å²) in [6.07, 6.45) is 2.77. The van der Waals surface area contributed by atoms with Crippen LogP contribution in [0, 0.1) is 5.82 Å². The second kappa shape index (κ2) is 6.21. The van der Waals surface area contributed by atoms with Crippen molar-refractivity contribution in [2.75, 3.05) is 7.11 Å². The van der Waals surface area contributed by atoms with E-state index in [4.69, 9.17) is 4.74 Å². The van der Waals surface area contributed by atoms with Crippen LogP contribution in [0.4, 0.5) is 4.39 Å². The molecule has 0 radical (unpaired) electrons. The summed E-state index contributed by atoms with van der Waals surface area (Å²) >= 11 is 0. The fourth-order valence-corrected chi connectivity index (χ4v) is 1.99. The third kappa shape index (κ3) is 3.28. The van der Waals surface area contributed by atoms with E-state index in [-0.39, 0.29) is 11.0 Å². The molecule has 1 aromatic carbocycles. The number of aromatic nitrogens is 1.